The maximum absolute atomic E-state index is 11.9. The zero-order valence-electron chi connectivity index (χ0n) is 9.31. The predicted octanol–water partition coefficient (Wildman–Crippen LogP) is 3.45. The second-order valence-electron chi connectivity index (χ2n) is 4.49. The molecule has 3 rings (SSSR count). The normalized spacial score (nSPS) is 15.1. The first-order chi connectivity index (χ1) is 8.24. The van der Waals surface area contributed by atoms with Crippen LogP contribution in [0, 0.1) is 5.92 Å². The molecule has 0 amide bonds. The van der Waals surface area contributed by atoms with Gasteiger partial charge in [-0.05, 0) is 30.4 Å². The van der Waals surface area contributed by atoms with Crippen LogP contribution in [0.25, 0.3) is 10.1 Å². The minimum absolute atomic E-state index is 0.0249. The Kier molecular flexibility index (Phi) is 2.56. The summed E-state index contributed by atoms with van der Waals surface area (Å²) in [6.45, 7) is 0. The highest BCUT2D eigenvalue weighted by Crippen LogP contribution is 2.32. The van der Waals surface area contributed by atoms with Crippen molar-refractivity contribution in [2.75, 3.05) is 0 Å². The Balaban J connectivity index is 1.82. The Bertz CT molecular complexity index is 560. The maximum atomic E-state index is 11.9. The van der Waals surface area contributed by atoms with E-state index >= 15 is 0 Å². The molecule has 3 heteroatoms. The third-order valence-electron chi connectivity index (χ3n) is 3.07. The molecule has 1 heterocycles. The summed E-state index contributed by atoms with van der Waals surface area (Å²) >= 11 is 1.48. The number of thiophene rings is 1. The minimum Gasteiger partial charge on any atom is -0.299 e. The fraction of sp³-hybridized carbons (Fsp3) is 0.286. The highest BCUT2D eigenvalue weighted by atomic mass is 32.1. The van der Waals surface area contributed by atoms with Gasteiger partial charge in [-0.2, -0.15) is 0 Å². The summed E-state index contributed by atoms with van der Waals surface area (Å²) in [5, 5.41) is 1.08. The van der Waals surface area contributed by atoms with Gasteiger partial charge in [-0.25, -0.2) is 0 Å². The lowest BCUT2D eigenvalue weighted by atomic mass is 10.1. The Labute approximate surface area is 103 Å². The first kappa shape index (κ1) is 10.7. The van der Waals surface area contributed by atoms with Crippen molar-refractivity contribution in [3.05, 3.63) is 35.2 Å². The Morgan fingerprint density at radius 1 is 1.24 bits per heavy atom. The molecule has 0 saturated heterocycles. The van der Waals surface area contributed by atoms with Crippen LogP contribution < -0.4 is 0 Å². The van der Waals surface area contributed by atoms with E-state index in [0.29, 0.717) is 4.88 Å². The standard InChI is InChI=1S/C14H12O2S/c15-11(9-5-6-9)8-12(16)14-7-10-3-1-2-4-13(10)17-14/h1-4,7,9H,5-6,8H2. The van der Waals surface area contributed by atoms with E-state index in [1.807, 2.05) is 30.3 Å². The highest BCUT2D eigenvalue weighted by molar-refractivity contribution is 7.20. The van der Waals surface area contributed by atoms with Gasteiger partial charge in [-0.15, -0.1) is 11.3 Å². The molecule has 17 heavy (non-hydrogen) atoms. The van der Waals surface area contributed by atoms with Gasteiger partial charge in [0.1, 0.15) is 5.78 Å². The van der Waals surface area contributed by atoms with E-state index in [1.54, 1.807) is 0 Å². The lowest BCUT2D eigenvalue weighted by molar-refractivity contribution is -0.119. The average Bonchev–Trinajstić information content (AvgIpc) is 3.08. The largest absolute Gasteiger partial charge is 0.299 e. The number of ketones is 2. The summed E-state index contributed by atoms with van der Waals surface area (Å²) < 4.78 is 1.11. The van der Waals surface area contributed by atoms with E-state index in [1.165, 1.54) is 11.3 Å². The van der Waals surface area contributed by atoms with E-state index in [-0.39, 0.29) is 23.9 Å². The van der Waals surface area contributed by atoms with Crippen molar-refractivity contribution >= 4 is 33.0 Å². The Hall–Kier alpha value is -1.48. The first-order valence-corrected chi connectivity index (χ1v) is 6.60. The summed E-state index contributed by atoms with van der Waals surface area (Å²) in [5.74, 6) is 0.267. The van der Waals surface area contributed by atoms with Crippen LogP contribution in [-0.4, -0.2) is 11.6 Å². The van der Waals surface area contributed by atoms with Crippen molar-refractivity contribution in [2.45, 2.75) is 19.3 Å². The summed E-state index contributed by atoms with van der Waals surface area (Å²) in [6.07, 6.45) is 2.02. The summed E-state index contributed by atoms with van der Waals surface area (Å²) in [5.41, 5.74) is 0. The van der Waals surface area contributed by atoms with Crippen molar-refractivity contribution in [2.24, 2.45) is 5.92 Å². The molecule has 1 aliphatic carbocycles. The molecule has 1 fully saturated rings. The van der Waals surface area contributed by atoms with Crippen molar-refractivity contribution < 1.29 is 9.59 Å². The van der Waals surface area contributed by atoms with Crippen molar-refractivity contribution in [3.8, 4) is 0 Å². The molecule has 86 valence electrons. The van der Waals surface area contributed by atoms with E-state index in [9.17, 15) is 9.59 Å². The Morgan fingerprint density at radius 3 is 2.71 bits per heavy atom. The monoisotopic (exact) mass is 244 g/mol. The molecule has 0 unspecified atom stereocenters. The number of carbonyl (C=O) groups is 2. The molecule has 1 saturated carbocycles. The van der Waals surface area contributed by atoms with Crippen LogP contribution in [0.2, 0.25) is 0 Å². The number of fused-ring (bicyclic) bond motifs is 1. The molecular weight excluding hydrogens is 232 g/mol. The highest BCUT2D eigenvalue weighted by Gasteiger charge is 2.31. The Morgan fingerprint density at radius 2 is 2.00 bits per heavy atom. The number of carbonyl (C=O) groups excluding carboxylic acids is 2. The SMILES string of the molecule is O=C(CC(=O)C1CC1)c1cc2ccccc2s1. The fourth-order valence-electron chi connectivity index (χ4n) is 1.91. The van der Waals surface area contributed by atoms with Gasteiger partial charge in [0.05, 0.1) is 11.3 Å². The van der Waals surface area contributed by atoms with Gasteiger partial charge in [-0.3, -0.25) is 9.59 Å². The van der Waals surface area contributed by atoms with Gasteiger partial charge < -0.3 is 0 Å². The zero-order valence-corrected chi connectivity index (χ0v) is 10.1. The van der Waals surface area contributed by atoms with Gasteiger partial charge >= 0.3 is 0 Å². The molecule has 0 atom stereocenters. The van der Waals surface area contributed by atoms with E-state index in [0.717, 1.165) is 22.9 Å². The van der Waals surface area contributed by atoms with Crippen molar-refractivity contribution in [1.82, 2.24) is 0 Å². The predicted molar refractivity (Wildman–Crippen MR) is 68.5 cm³/mol. The van der Waals surface area contributed by atoms with Crippen molar-refractivity contribution in [3.63, 3.8) is 0 Å². The lowest BCUT2D eigenvalue weighted by Gasteiger charge is -1.95. The smallest absolute Gasteiger partial charge is 0.180 e. The topological polar surface area (TPSA) is 34.1 Å². The minimum atomic E-state index is -0.0249. The molecule has 1 aromatic carbocycles. The molecule has 1 aromatic heterocycles. The molecule has 0 aliphatic heterocycles. The average molecular weight is 244 g/mol. The third-order valence-corrected chi connectivity index (χ3v) is 4.22. The zero-order chi connectivity index (χ0) is 11.8. The first-order valence-electron chi connectivity index (χ1n) is 5.78. The molecule has 0 spiro atoms. The summed E-state index contributed by atoms with van der Waals surface area (Å²) in [6, 6.07) is 9.80. The number of rotatable bonds is 4. The molecule has 0 bridgehead atoms. The van der Waals surface area contributed by atoms with Crippen LogP contribution in [0.15, 0.2) is 30.3 Å². The van der Waals surface area contributed by atoms with Crippen molar-refractivity contribution in [1.29, 1.82) is 0 Å². The molecule has 1 aliphatic rings. The van der Waals surface area contributed by atoms with E-state index in [4.69, 9.17) is 0 Å². The molecule has 0 radical (unpaired) electrons. The molecule has 2 aromatic rings. The lowest BCUT2D eigenvalue weighted by Crippen LogP contribution is -2.08. The third kappa shape index (κ3) is 2.15. The van der Waals surface area contributed by atoms with Gasteiger partial charge in [-0.1, -0.05) is 18.2 Å². The molecule has 0 N–H and O–H groups in total. The fourth-order valence-corrected chi connectivity index (χ4v) is 2.91. The number of benzene rings is 1. The number of Topliss-reactive ketones (excluding diaryl/α,β-unsaturated/α-hetero) is 2. The van der Waals surface area contributed by atoms with E-state index < -0.39 is 0 Å². The van der Waals surface area contributed by atoms with Crippen LogP contribution in [0.3, 0.4) is 0 Å². The van der Waals surface area contributed by atoms with Crippen LogP contribution in [0.1, 0.15) is 28.9 Å². The van der Waals surface area contributed by atoms with Gasteiger partial charge in [0, 0.05) is 10.6 Å². The quantitative estimate of drug-likeness (QED) is 0.609. The van der Waals surface area contributed by atoms with Crippen LogP contribution in [-0.2, 0) is 4.79 Å². The summed E-state index contributed by atoms with van der Waals surface area (Å²) in [4.78, 5) is 24.2. The molecular formula is C14H12O2S. The number of hydrogen-bond donors (Lipinski definition) is 0. The van der Waals surface area contributed by atoms with E-state index in [2.05, 4.69) is 0 Å². The summed E-state index contributed by atoms with van der Waals surface area (Å²) in [7, 11) is 0. The van der Waals surface area contributed by atoms with Crippen LogP contribution in [0.4, 0.5) is 0 Å². The molecule has 2 nitrogen and oxygen atoms in total. The van der Waals surface area contributed by atoms with Gasteiger partial charge in [0.15, 0.2) is 5.78 Å². The van der Waals surface area contributed by atoms with Gasteiger partial charge in [0.25, 0.3) is 0 Å². The van der Waals surface area contributed by atoms with Crippen LogP contribution >= 0.6 is 11.3 Å². The van der Waals surface area contributed by atoms with Gasteiger partial charge in [0.2, 0.25) is 0 Å². The second kappa shape index (κ2) is 4.08. The second-order valence-corrected chi connectivity index (χ2v) is 5.57. The maximum Gasteiger partial charge on any atom is 0.180 e. The number of hydrogen-bond acceptors (Lipinski definition) is 3. The van der Waals surface area contributed by atoms with Crippen LogP contribution in [0.5, 0.6) is 0 Å².